The molecule has 0 bridgehead atoms. The summed E-state index contributed by atoms with van der Waals surface area (Å²) in [6.07, 6.45) is 1.05. The number of carbonyl (C=O) groups excluding carboxylic acids is 2. The molecule has 2 aromatic heterocycles. The number of piperidine rings is 1. The Morgan fingerprint density at radius 3 is 2.74 bits per heavy atom. The van der Waals surface area contributed by atoms with Crippen LogP contribution in [0.4, 0.5) is 0 Å². The molecular formula is C26H26N2O4S2. The summed E-state index contributed by atoms with van der Waals surface area (Å²) < 4.78 is 11.1. The third-order valence-corrected chi connectivity index (χ3v) is 8.41. The number of nitrogens with one attached hydrogen (secondary N) is 1. The number of aromatic nitrogens is 1. The van der Waals surface area contributed by atoms with Gasteiger partial charge in [-0.05, 0) is 53.4 Å². The number of Topliss-reactive ketones (excluding diaryl/α,β-unsaturated/α-hetero) is 1. The minimum atomic E-state index is -1.02. The first-order chi connectivity index (χ1) is 16.5. The molecule has 3 aromatic rings. The molecule has 2 atom stereocenters. The predicted molar refractivity (Wildman–Crippen MR) is 132 cm³/mol. The van der Waals surface area contributed by atoms with Gasteiger partial charge in [0.15, 0.2) is 5.78 Å². The normalized spacial score (nSPS) is 22.8. The van der Waals surface area contributed by atoms with Crippen LogP contribution < -0.4 is 10.1 Å². The van der Waals surface area contributed by atoms with Gasteiger partial charge in [0.05, 0.1) is 25.5 Å². The molecule has 0 saturated carbocycles. The van der Waals surface area contributed by atoms with E-state index in [4.69, 9.17) is 14.5 Å². The van der Waals surface area contributed by atoms with Crippen LogP contribution in [-0.4, -0.2) is 41.7 Å². The Morgan fingerprint density at radius 2 is 2.03 bits per heavy atom. The number of benzene rings is 1. The van der Waals surface area contributed by atoms with Crippen molar-refractivity contribution in [2.24, 2.45) is 5.92 Å². The Labute approximate surface area is 207 Å². The minimum Gasteiger partial charge on any atom is -0.478 e. The van der Waals surface area contributed by atoms with Crippen molar-refractivity contribution in [1.82, 2.24) is 10.3 Å². The molecule has 0 radical (unpaired) electrons. The molecule has 8 heteroatoms. The number of thioether (sulfide) groups is 1. The number of hydrogen-bond donors (Lipinski definition) is 1. The minimum absolute atomic E-state index is 0.110. The molecule has 2 aliphatic rings. The predicted octanol–water partition coefficient (Wildman–Crippen LogP) is 4.36. The second-order valence-electron chi connectivity index (χ2n) is 8.71. The molecule has 5 rings (SSSR count). The van der Waals surface area contributed by atoms with Crippen LogP contribution >= 0.6 is 23.1 Å². The van der Waals surface area contributed by atoms with E-state index >= 15 is 0 Å². The maximum absolute atomic E-state index is 13.4. The van der Waals surface area contributed by atoms with E-state index in [0.29, 0.717) is 24.1 Å². The number of aryl methyl sites for hydroxylation is 1. The van der Waals surface area contributed by atoms with Crippen LogP contribution in [0, 0.1) is 12.8 Å². The smallest absolute Gasteiger partial charge is 0.242 e. The van der Waals surface area contributed by atoms with Crippen LogP contribution in [0.1, 0.15) is 29.7 Å². The summed E-state index contributed by atoms with van der Waals surface area (Å²) in [6, 6.07) is 15.3. The number of thiophene rings is 1. The Balaban J connectivity index is 1.40. The summed E-state index contributed by atoms with van der Waals surface area (Å²) in [5.41, 5.74) is 1.49. The zero-order valence-corrected chi connectivity index (χ0v) is 20.5. The van der Waals surface area contributed by atoms with Gasteiger partial charge in [-0.25, -0.2) is 4.98 Å². The lowest BCUT2D eigenvalue weighted by atomic mass is 9.79. The van der Waals surface area contributed by atoms with Crippen molar-refractivity contribution >= 4 is 34.8 Å². The Bertz CT molecular complexity index is 1160. The van der Waals surface area contributed by atoms with Gasteiger partial charge in [0.25, 0.3) is 0 Å². The Hall–Kier alpha value is -2.68. The molecule has 0 aliphatic carbocycles. The van der Waals surface area contributed by atoms with E-state index in [1.165, 1.54) is 23.1 Å². The first-order valence-electron chi connectivity index (χ1n) is 11.3. The summed E-state index contributed by atoms with van der Waals surface area (Å²) in [7, 11) is 0. The van der Waals surface area contributed by atoms with E-state index in [9.17, 15) is 9.59 Å². The number of ether oxygens (including phenoxy) is 2. The van der Waals surface area contributed by atoms with Crippen LogP contribution in [0.25, 0.3) is 0 Å². The largest absolute Gasteiger partial charge is 0.478 e. The Kier molecular flexibility index (Phi) is 6.72. The molecule has 1 N–H and O–H groups in total. The highest BCUT2D eigenvalue weighted by atomic mass is 32.2. The lowest BCUT2D eigenvalue weighted by Crippen LogP contribution is -2.58. The highest BCUT2D eigenvalue weighted by Crippen LogP contribution is 2.40. The highest BCUT2D eigenvalue weighted by Gasteiger charge is 2.48. The van der Waals surface area contributed by atoms with Crippen molar-refractivity contribution in [3.8, 4) is 5.88 Å². The third kappa shape index (κ3) is 4.62. The van der Waals surface area contributed by atoms with Crippen molar-refractivity contribution in [3.63, 3.8) is 0 Å². The average Bonchev–Trinajstić information content (AvgIpc) is 3.35. The van der Waals surface area contributed by atoms with E-state index in [0.717, 1.165) is 35.7 Å². The summed E-state index contributed by atoms with van der Waals surface area (Å²) in [6.45, 7) is 4.11. The Morgan fingerprint density at radius 1 is 1.18 bits per heavy atom. The second-order valence-corrected chi connectivity index (χ2v) is 10.6. The van der Waals surface area contributed by atoms with E-state index in [1.807, 2.05) is 66.2 Å². The molecule has 4 heterocycles. The zero-order valence-electron chi connectivity index (χ0n) is 18.9. The van der Waals surface area contributed by atoms with Crippen LogP contribution in [0.5, 0.6) is 5.88 Å². The summed E-state index contributed by atoms with van der Waals surface area (Å²) >= 11 is 2.84. The zero-order chi connectivity index (χ0) is 23.5. The number of hydrogen-bond acceptors (Lipinski definition) is 7. The van der Waals surface area contributed by atoms with Gasteiger partial charge in [0.1, 0.15) is 10.8 Å². The van der Waals surface area contributed by atoms with Crippen molar-refractivity contribution in [3.05, 3.63) is 76.1 Å². The van der Waals surface area contributed by atoms with Gasteiger partial charge >= 0.3 is 0 Å². The van der Waals surface area contributed by atoms with Gasteiger partial charge < -0.3 is 14.8 Å². The first-order valence-corrected chi connectivity index (χ1v) is 13.2. The number of pyridine rings is 1. The van der Waals surface area contributed by atoms with Gasteiger partial charge in [-0.1, -0.05) is 24.3 Å². The van der Waals surface area contributed by atoms with Crippen LogP contribution in [0.15, 0.2) is 64.2 Å². The summed E-state index contributed by atoms with van der Waals surface area (Å²) in [5.74, 6) is 0.624. The molecule has 1 aromatic carbocycles. The standard InChI is InChI=1S/C26H26N2O4S2/c1-17-5-2-3-6-21(17)34-24-20(29)13-26(28-25(24)30,19-10-12-33-16-19)22-7-4-8-23(27-22)32-11-9-18-14-31-15-18/h2-8,10,12,16,18,24H,9,11,13-15H2,1H3,(H,28,30). The maximum atomic E-state index is 13.4. The number of amides is 1. The number of ketones is 1. The monoisotopic (exact) mass is 494 g/mol. The molecule has 6 nitrogen and oxygen atoms in total. The van der Waals surface area contributed by atoms with Crippen LogP contribution in [0.3, 0.4) is 0 Å². The molecule has 2 unspecified atom stereocenters. The van der Waals surface area contributed by atoms with Crippen molar-refractivity contribution < 1.29 is 19.1 Å². The molecule has 0 spiro atoms. The average molecular weight is 495 g/mol. The molecular weight excluding hydrogens is 468 g/mol. The van der Waals surface area contributed by atoms with E-state index in [-0.39, 0.29) is 18.1 Å². The lowest BCUT2D eigenvalue weighted by Gasteiger charge is -2.39. The quantitative estimate of drug-likeness (QED) is 0.469. The van der Waals surface area contributed by atoms with Gasteiger partial charge in [-0.3, -0.25) is 9.59 Å². The number of nitrogens with zero attached hydrogens (tertiary/aromatic N) is 1. The molecule has 176 valence electrons. The summed E-state index contributed by atoms with van der Waals surface area (Å²) in [5, 5.41) is 6.30. The van der Waals surface area contributed by atoms with Crippen LogP contribution in [-0.2, 0) is 19.9 Å². The van der Waals surface area contributed by atoms with Gasteiger partial charge in [0, 0.05) is 23.3 Å². The topological polar surface area (TPSA) is 77.5 Å². The highest BCUT2D eigenvalue weighted by molar-refractivity contribution is 8.01. The van der Waals surface area contributed by atoms with Crippen LogP contribution in [0.2, 0.25) is 0 Å². The van der Waals surface area contributed by atoms with Crippen molar-refractivity contribution in [1.29, 1.82) is 0 Å². The molecule has 2 saturated heterocycles. The molecule has 2 fully saturated rings. The fourth-order valence-electron chi connectivity index (χ4n) is 4.25. The maximum Gasteiger partial charge on any atom is 0.242 e. The van der Waals surface area contributed by atoms with E-state index in [1.54, 1.807) is 0 Å². The fraction of sp³-hybridized carbons (Fsp3) is 0.346. The number of carbonyl (C=O) groups is 2. The molecule has 34 heavy (non-hydrogen) atoms. The van der Waals surface area contributed by atoms with Gasteiger partial charge in [0.2, 0.25) is 11.8 Å². The van der Waals surface area contributed by atoms with E-state index in [2.05, 4.69) is 5.32 Å². The second kappa shape index (κ2) is 9.90. The number of rotatable bonds is 8. The van der Waals surface area contributed by atoms with Gasteiger partial charge in [-0.15, -0.1) is 11.8 Å². The molecule has 2 aliphatic heterocycles. The van der Waals surface area contributed by atoms with Crippen molar-refractivity contribution in [2.45, 2.75) is 35.4 Å². The molecule has 1 amide bonds. The van der Waals surface area contributed by atoms with Gasteiger partial charge in [-0.2, -0.15) is 11.3 Å². The summed E-state index contributed by atoms with van der Waals surface area (Å²) in [4.78, 5) is 32.5. The fourth-order valence-corrected chi connectivity index (χ4v) is 6.03. The SMILES string of the molecule is Cc1ccccc1SC1C(=O)CC(c2ccsc2)(c2cccc(OCCC3COC3)n2)NC1=O. The van der Waals surface area contributed by atoms with Crippen molar-refractivity contribution in [2.75, 3.05) is 19.8 Å². The van der Waals surface area contributed by atoms with E-state index < -0.39 is 10.8 Å². The first kappa shape index (κ1) is 23.1. The third-order valence-electron chi connectivity index (χ3n) is 6.30. The lowest BCUT2D eigenvalue weighted by molar-refractivity contribution is -0.133.